The molecule has 7 heteroatoms. The highest BCUT2D eigenvalue weighted by Crippen LogP contribution is 2.26. The van der Waals surface area contributed by atoms with Crippen molar-refractivity contribution in [2.24, 2.45) is 0 Å². The van der Waals surface area contributed by atoms with E-state index in [0.29, 0.717) is 11.3 Å². The lowest BCUT2D eigenvalue weighted by molar-refractivity contribution is -0.384. The summed E-state index contributed by atoms with van der Waals surface area (Å²) in [6.45, 7) is 0.121. The van der Waals surface area contributed by atoms with Gasteiger partial charge in [-0.05, 0) is 45.8 Å². The van der Waals surface area contributed by atoms with Crippen LogP contribution in [0.2, 0.25) is 5.02 Å². The van der Waals surface area contributed by atoms with Crippen LogP contribution in [0, 0.1) is 15.9 Å². The minimum absolute atomic E-state index is 0.0725. The van der Waals surface area contributed by atoms with Gasteiger partial charge in [0.25, 0.3) is 5.69 Å². The molecule has 0 saturated heterocycles. The summed E-state index contributed by atoms with van der Waals surface area (Å²) in [6, 6.07) is 8.65. The lowest BCUT2D eigenvalue weighted by Gasteiger charge is -2.07. The smallest absolute Gasteiger partial charge is 0.288 e. The first-order valence-corrected chi connectivity index (χ1v) is 6.65. The highest BCUT2D eigenvalue weighted by Gasteiger charge is 2.13. The van der Waals surface area contributed by atoms with Crippen LogP contribution in [0.3, 0.4) is 0 Å². The van der Waals surface area contributed by atoms with E-state index in [0.717, 1.165) is 0 Å². The third-order valence-corrected chi connectivity index (χ3v) is 3.43. The fourth-order valence-corrected chi connectivity index (χ4v) is 2.07. The molecule has 0 amide bonds. The van der Waals surface area contributed by atoms with Gasteiger partial charge in [-0.1, -0.05) is 17.7 Å². The first-order chi connectivity index (χ1) is 9.47. The fraction of sp³-hybridized carbons (Fsp3) is 0.0769. The highest BCUT2D eigenvalue weighted by atomic mass is 79.9. The van der Waals surface area contributed by atoms with Crippen LogP contribution in [0.1, 0.15) is 5.56 Å². The predicted molar refractivity (Wildman–Crippen MR) is 76.5 cm³/mol. The van der Waals surface area contributed by atoms with Crippen molar-refractivity contribution in [3.63, 3.8) is 0 Å². The van der Waals surface area contributed by atoms with Crippen LogP contribution >= 0.6 is 27.5 Å². The van der Waals surface area contributed by atoms with Gasteiger partial charge in [-0.3, -0.25) is 10.1 Å². The van der Waals surface area contributed by atoms with E-state index in [4.69, 9.17) is 16.3 Å². The number of ether oxygens (including phenoxy) is 1. The van der Waals surface area contributed by atoms with Gasteiger partial charge in [-0.15, -0.1) is 0 Å². The second-order valence-electron chi connectivity index (χ2n) is 3.91. The number of halogens is 3. The molecule has 0 aliphatic heterocycles. The molecule has 2 rings (SSSR count). The van der Waals surface area contributed by atoms with Crippen LogP contribution < -0.4 is 4.74 Å². The number of nitro groups is 1. The van der Waals surface area contributed by atoms with Gasteiger partial charge >= 0.3 is 0 Å². The molecule has 0 bridgehead atoms. The average molecular weight is 361 g/mol. The zero-order chi connectivity index (χ0) is 14.7. The Labute approximate surface area is 127 Å². The standard InChI is InChI=1S/C13H8BrClFNO3/c14-10-6-9(2-4-12(10)16)20-7-8-1-3-11(15)13(5-8)17(18)19/h1-6H,7H2. The third-order valence-electron chi connectivity index (χ3n) is 2.50. The van der Waals surface area contributed by atoms with E-state index in [9.17, 15) is 14.5 Å². The number of hydrogen-bond acceptors (Lipinski definition) is 3. The molecule has 2 aromatic rings. The summed E-state index contributed by atoms with van der Waals surface area (Å²) >= 11 is 8.77. The summed E-state index contributed by atoms with van der Waals surface area (Å²) in [7, 11) is 0. The minimum Gasteiger partial charge on any atom is -0.489 e. The van der Waals surface area contributed by atoms with Gasteiger partial charge in [0.2, 0.25) is 0 Å². The molecule has 0 saturated carbocycles. The highest BCUT2D eigenvalue weighted by molar-refractivity contribution is 9.10. The predicted octanol–water partition coefficient (Wildman–Crippen LogP) is 4.73. The van der Waals surface area contributed by atoms with Crippen LogP contribution in [-0.2, 0) is 6.61 Å². The van der Waals surface area contributed by atoms with Crippen LogP contribution in [0.25, 0.3) is 0 Å². The van der Waals surface area contributed by atoms with Gasteiger partial charge in [-0.2, -0.15) is 0 Å². The molecule has 0 N–H and O–H groups in total. The summed E-state index contributed by atoms with van der Waals surface area (Å²) in [6.07, 6.45) is 0. The Morgan fingerprint density at radius 3 is 2.70 bits per heavy atom. The number of rotatable bonds is 4. The topological polar surface area (TPSA) is 52.4 Å². The van der Waals surface area contributed by atoms with Crippen molar-refractivity contribution in [1.82, 2.24) is 0 Å². The minimum atomic E-state index is -0.555. The van der Waals surface area contributed by atoms with Crippen molar-refractivity contribution in [1.29, 1.82) is 0 Å². The molecule has 0 atom stereocenters. The Morgan fingerprint density at radius 2 is 2.05 bits per heavy atom. The van der Waals surface area contributed by atoms with Gasteiger partial charge in [0.05, 0.1) is 9.40 Å². The second-order valence-corrected chi connectivity index (χ2v) is 5.17. The number of hydrogen-bond donors (Lipinski definition) is 0. The molecule has 0 radical (unpaired) electrons. The van der Waals surface area contributed by atoms with Gasteiger partial charge in [0.1, 0.15) is 23.2 Å². The van der Waals surface area contributed by atoms with E-state index in [2.05, 4.69) is 15.9 Å². The summed E-state index contributed by atoms with van der Waals surface area (Å²) in [5, 5.41) is 10.8. The molecule has 20 heavy (non-hydrogen) atoms. The summed E-state index contributed by atoms with van der Waals surface area (Å²) in [4.78, 5) is 10.2. The van der Waals surface area contributed by atoms with Crippen molar-refractivity contribution in [3.8, 4) is 5.75 Å². The number of nitrogens with zero attached hydrogens (tertiary/aromatic N) is 1. The molecular formula is C13H8BrClFNO3. The number of benzene rings is 2. The molecule has 0 aromatic heterocycles. The van der Waals surface area contributed by atoms with E-state index < -0.39 is 4.92 Å². The van der Waals surface area contributed by atoms with Gasteiger partial charge in [0, 0.05) is 6.07 Å². The molecule has 104 valence electrons. The molecule has 0 unspecified atom stereocenters. The normalized spacial score (nSPS) is 10.3. The molecule has 0 spiro atoms. The largest absolute Gasteiger partial charge is 0.489 e. The van der Waals surface area contributed by atoms with Crippen molar-refractivity contribution < 1.29 is 14.1 Å². The summed E-state index contributed by atoms with van der Waals surface area (Å²) in [5.74, 6) is 0.0651. The molecule has 0 aliphatic carbocycles. The zero-order valence-corrected chi connectivity index (χ0v) is 12.3. The molecular weight excluding hydrogens is 353 g/mol. The Hall–Kier alpha value is -1.66. The van der Waals surface area contributed by atoms with Gasteiger partial charge < -0.3 is 4.74 Å². The SMILES string of the molecule is O=[N+]([O-])c1cc(COc2ccc(F)c(Br)c2)ccc1Cl. The van der Waals surface area contributed by atoms with Crippen LogP contribution in [0.5, 0.6) is 5.75 Å². The Bertz CT molecular complexity index is 666. The van der Waals surface area contributed by atoms with E-state index in [1.807, 2.05) is 0 Å². The van der Waals surface area contributed by atoms with E-state index in [1.165, 1.54) is 30.3 Å². The van der Waals surface area contributed by atoms with Crippen molar-refractivity contribution in [3.05, 3.63) is 67.4 Å². The third kappa shape index (κ3) is 3.46. The molecule has 4 nitrogen and oxygen atoms in total. The van der Waals surface area contributed by atoms with Crippen LogP contribution in [0.15, 0.2) is 40.9 Å². The first kappa shape index (κ1) is 14.7. The van der Waals surface area contributed by atoms with Crippen molar-refractivity contribution >= 4 is 33.2 Å². The van der Waals surface area contributed by atoms with E-state index in [1.54, 1.807) is 6.07 Å². The molecule has 0 fully saturated rings. The maximum atomic E-state index is 13.1. The lowest BCUT2D eigenvalue weighted by Crippen LogP contribution is -1.98. The average Bonchev–Trinajstić information content (AvgIpc) is 2.41. The summed E-state index contributed by atoms with van der Waals surface area (Å²) in [5.41, 5.74) is 0.426. The van der Waals surface area contributed by atoms with Crippen molar-refractivity contribution in [2.75, 3.05) is 0 Å². The Morgan fingerprint density at radius 1 is 1.30 bits per heavy atom. The maximum Gasteiger partial charge on any atom is 0.288 e. The molecule has 0 heterocycles. The summed E-state index contributed by atoms with van der Waals surface area (Å²) < 4.78 is 18.8. The van der Waals surface area contributed by atoms with Crippen molar-refractivity contribution in [2.45, 2.75) is 6.61 Å². The zero-order valence-electron chi connectivity index (χ0n) is 9.98. The lowest BCUT2D eigenvalue weighted by atomic mass is 10.2. The van der Waals surface area contributed by atoms with Crippen LogP contribution in [0.4, 0.5) is 10.1 Å². The van der Waals surface area contributed by atoms with E-state index >= 15 is 0 Å². The Balaban J connectivity index is 2.12. The van der Waals surface area contributed by atoms with E-state index in [-0.39, 0.29) is 27.6 Å². The molecule has 2 aromatic carbocycles. The van der Waals surface area contributed by atoms with Crippen LogP contribution in [-0.4, -0.2) is 4.92 Å². The molecule has 0 aliphatic rings. The fourth-order valence-electron chi connectivity index (χ4n) is 1.52. The Kier molecular flexibility index (Phi) is 4.57. The van der Waals surface area contributed by atoms with Gasteiger partial charge in [0.15, 0.2) is 0 Å². The quantitative estimate of drug-likeness (QED) is 0.585. The maximum absolute atomic E-state index is 13.1. The monoisotopic (exact) mass is 359 g/mol. The van der Waals surface area contributed by atoms with Gasteiger partial charge in [-0.25, -0.2) is 4.39 Å². The number of nitro benzene ring substituents is 1. The first-order valence-electron chi connectivity index (χ1n) is 5.48. The second kappa shape index (κ2) is 6.19.